The van der Waals surface area contributed by atoms with Crippen molar-refractivity contribution in [3.63, 3.8) is 0 Å². The molecule has 1 amide bonds. The number of thiophene rings is 1. The number of fused-ring (bicyclic) bond motifs is 1. The van der Waals surface area contributed by atoms with Crippen LogP contribution in [0.1, 0.15) is 16.9 Å². The van der Waals surface area contributed by atoms with Crippen LogP contribution >= 0.6 is 11.3 Å². The van der Waals surface area contributed by atoms with E-state index in [1.807, 2.05) is 13.8 Å². The Morgan fingerprint density at radius 2 is 2.26 bits per heavy atom. The molecule has 2 heterocycles. The third-order valence-corrected chi connectivity index (χ3v) is 4.91. The van der Waals surface area contributed by atoms with E-state index in [1.165, 1.54) is 27.1 Å². The zero-order valence-corrected chi connectivity index (χ0v) is 14.2. The molecular weight excluding hydrogens is 314 g/mol. The fourth-order valence-electron chi connectivity index (χ4n) is 2.40. The molecule has 0 atom stereocenters. The Morgan fingerprint density at radius 1 is 1.52 bits per heavy atom. The van der Waals surface area contributed by atoms with Crippen LogP contribution in [0.3, 0.4) is 0 Å². The Morgan fingerprint density at radius 3 is 2.91 bits per heavy atom. The van der Waals surface area contributed by atoms with Crippen LogP contribution in [-0.2, 0) is 11.3 Å². The van der Waals surface area contributed by atoms with E-state index in [1.54, 1.807) is 6.08 Å². The SMILES string of the molecule is C=CCN(CCO)C(=O)CCn1cnc2sc(C)c(C)c2c1=O. The van der Waals surface area contributed by atoms with E-state index in [2.05, 4.69) is 11.6 Å². The summed E-state index contributed by atoms with van der Waals surface area (Å²) in [6.45, 7) is 8.31. The van der Waals surface area contributed by atoms with E-state index >= 15 is 0 Å². The number of hydrogen-bond acceptors (Lipinski definition) is 5. The fraction of sp³-hybridized carbons (Fsp3) is 0.438. The molecule has 0 radical (unpaired) electrons. The van der Waals surface area contributed by atoms with Gasteiger partial charge in [-0.15, -0.1) is 17.9 Å². The summed E-state index contributed by atoms with van der Waals surface area (Å²) in [4.78, 5) is 32.4. The van der Waals surface area contributed by atoms with Crippen molar-refractivity contribution in [3.8, 4) is 0 Å². The van der Waals surface area contributed by atoms with Gasteiger partial charge in [0.25, 0.3) is 5.56 Å². The third-order valence-electron chi connectivity index (χ3n) is 3.79. The molecule has 1 N–H and O–H groups in total. The van der Waals surface area contributed by atoms with Gasteiger partial charge in [0, 0.05) is 30.9 Å². The highest BCUT2D eigenvalue weighted by Gasteiger charge is 2.15. The minimum absolute atomic E-state index is 0.0968. The maximum absolute atomic E-state index is 12.5. The lowest BCUT2D eigenvalue weighted by atomic mass is 10.2. The van der Waals surface area contributed by atoms with Crippen molar-refractivity contribution in [1.82, 2.24) is 14.5 Å². The molecule has 7 heteroatoms. The first kappa shape index (κ1) is 17.4. The quantitative estimate of drug-likeness (QED) is 0.778. The monoisotopic (exact) mass is 335 g/mol. The summed E-state index contributed by atoms with van der Waals surface area (Å²) in [5, 5.41) is 9.64. The normalized spacial score (nSPS) is 10.9. The molecule has 23 heavy (non-hydrogen) atoms. The van der Waals surface area contributed by atoms with Crippen LogP contribution in [0.25, 0.3) is 10.2 Å². The summed E-state index contributed by atoms with van der Waals surface area (Å²) in [5.74, 6) is -0.121. The number of aryl methyl sites for hydroxylation is 3. The van der Waals surface area contributed by atoms with Crippen LogP contribution < -0.4 is 5.56 Å². The summed E-state index contributed by atoms with van der Waals surface area (Å²) in [5.41, 5.74) is 0.846. The van der Waals surface area contributed by atoms with E-state index in [0.717, 1.165) is 15.3 Å². The van der Waals surface area contributed by atoms with Crippen LogP contribution in [-0.4, -0.2) is 45.2 Å². The molecule has 0 aliphatic carbocycles. The van der Waals surface area contributed by atoms with Gasteiger partial charge in [-0.25, -0.2) is 4.98 Å². The predicted molar refractivity (Wildman–Crippen MR) is 91.8 cm³/mol. The summed E-state index contributed by atoms with van der Waals surface area (Å²) in [7, 11) is 0. The van der Waals surface area contributed by atoms with Gasteiger partial charge in [0.15, 0.2) is 0 Å². The van der Waals surface area contributed by atoms with Gasteiger partial charge in [0.05, 0.1) is 18.3 Å². The van der Waals surface area contributed by atoms with Crippen LogP contribution in [0.4, 0.5) is 0 Å². The highest BCUT2D eigenvalue weighted by atomic mass is 32.1. The molecule has 0 aliphatic heterocycles. The average Bonchev–Trinajstić information content (AvgIpc) is 2.81. The minimum atomic E-state index is -0.121. The second-order valence-corrected chi connectivity index (χ2v) is 6.51. The summed E-state index contributed by atoms with van der Waals surface area (Å²) < 4.78 is 1.48. The molecule has 0 saturated carbocycles. The second kappa shape index (κ2) is 7.52. The van der Waals surface area contributed by atoms with Crippen molar-refractivity contribution in [2.45, 2.75) is 26.8 Å². The zero-order valence-electron chi connectivity index (χ0n) is 13.4. The molecule has 2 aromatic heterocycles. The molecule has 0 spiro atoms. The molecular formula is C16H21N3O3S. The molecule has 2 aromatic rings. The first-order valence-corrected chi connectivity index (χ1v) is 8.26. The molecule has 124 valence electrons. The molecule has 2 rings (SSSR count). The lowest BCUT2D eigenvalue weighted by molar-refractivity contribution is -0.131. The number of aliphatic hydroxyl groups excluding tert-OH is 1. The van der Waals surface area contributed by atoms with Crippen molar-refractivity contribution < 1.29 is 9.90 Å². The van der Waals surface area contributed by atoms with Crippen LogP contribution in [0.5, 0.6) is 0 Å². The number of aliphatic hydroxyl groups is 1. The Bertz CT molecular complexity index is 779. The van der Waals surface area contributed by atoms with Gasteiger partial charge in [-0.3, -0.25) is 14.2 Å². The number of aromatic nitrogens is 2. The number of carbonyl (C=O) groups excluding carboxylic acids is 1. The molecule has 0 saturated heterocycles. The van der Waals surface area contributed by atoms with Crippen molar-refractivity contribution in [2.75, 3.05) is 19.7 Å². The zero-order chi connectivity index (χ0) is 17.0. The molecule has 0 aromatic carbocycles. The van der Waals surface area contributed by atoms with Gasteiger partial charge in [0.1, 0.15) is 4.83 Å². The third kappa shape index (κ3) is 3.68. The van der Waals surface area contributed by atoms with E-state index in [-0.39, 0.29) is 37.6 Å². The van der Waals surface area contributed by atoms with E-state index in [4.69, 9.17) is 5.11 Å². The smallest absolute Gasteiger partial charge is 0.262 e. The second-order valence-electron chi connectivity index (χ2n) is 5.31. The molecule has 0 fully saturated rings. The summed E-state index contributed by atoms with van der Waals surface area (Å²) in [6.07, 6.45) is 3.30. The topological polar surface area (TPSA) is 75.4 Å². The van der Waals surface area contributed by atoms with Gasteiger partial charge in [-0.05, 0) is 19.4 Å². The van der Waals surface area contributed by atoms with Gasteiger partial charge in [-0.2, -0.15) is 0 Å². The number of amides is 1. The lowest BCUT2D eigenvalue weighted by Crippen LogP contribution is -2.35. The van der Waals surface area contributed by atoms with Gasteiger partial charge < -0.3 is 10.0 Å². The number of hydrogen-bond donors (Lipinski definition) is 1. The maximum atomic E-state index is 12.5. The predicted octanol–water partition coefficient (Wildman–Crippen LogP) is 1.47. The Hall–Kier alpha value is -1.99. The highest BCUT2D eigenvalue weighted by Crippen LogP contribution is 2.25. The number of rotatable bonds is 7. The van der Waals surface area contributed by atoms with Gasteiger partial charge >= 0.3 is 0 Å². The first-order chi connectivity index (χ1) is 11.0. The largest absolute Gasteiger partial charge is 0.395 e. The molecule has 6 nitrogen and oxygen atoms in total. The van der Waals surface area contributed by atoms with E-state index in [0.29, 0.717) is 11.9 Å². The van der Waals surface area contributed by atoms with Crippen molar-refractivity contribution in [1.29, 1.82) is 0 Å². The maximum Gasteiger partial charge on any atom is 0.262 e. The Balaban J connectivity index is 2.17. The van der Waals surface area contributed by atoms with E-state index in [9.17, 15) is 9.59 Å². The summed E-state index contributed by atoms with van der Waals surface area (Å²) >= 11 is 1.51. The first-order valence-electron chi connectivity index (χ1n) is 7.44. The standard InChI is InChI=1S/C16H21N3O3S/c1-4-6-18(8-9-20)13(21)5-7-19-10-17-15-14(16(19)22)11(2)12(3)23-15/h4,10,20H,1,5-9H2,2-3H3. The van der Waals surface area contributed by atoms with Crippen LogP contribution in [0, 0.1) is 13.8 Å². The van der Waals surface area contributed by atoms with Gasteiger partial charge in [0.2, 0.25) is 5.91 Å². The molecule has 0 unspecified atom stereocenters. The van der Waals surface area contributed by atoms with Crippen molar-refractivity contribution in [2.24, 2.45) is 0 Å². The van der Waals surface area contributed by atoms with Crippen molar-refractivity contribution >= 4 is 27.5 Å². The van der Waals surface area contributed by atoms with Crippen LogP contribution in [0.15, 0.2) is 23.8 Å². The Kier molecular flexibility index (Phi) is 5.68. The fourth-order valence-corrected chi connectivity index (χ4v) is 3.39. The molecule has 0 bridgehead atoms. The van der Waals surface area contributed by atoms with Gasteiger partial charge in [-0.1, -0.05) is 6.08 Å². The van der Waals surface area contributed by atoms with Crippen molar-refractivity contribution in [3.05, 3.63) is 39.8 Å². The van der Waals surface area contributed by atoms with Crippen LogP contribution in [0.2, 0.25) is 0 Å². The Labute approximate surface area is 138 Å². The average molecular weight is 335 g/mol. The molecule has 0 aliphatic rings. The number of nitrogens with zero attached hydrogens (tertiary/aromatic N) is 3. The number of carbonyl (C=O) groups is 1. The lowest BCUT2D eigenvalue weighted by Gasteiger charge is -2.20. The summed E-state index contributed by atoms with van der Waals surface area (Å²) in [6, 6.07) is 0. The highest BCUT2D eigenvalue weighted by molar-refractivity contribution is 7.18. The van der Waals surface area contributed by atoms with E-state index < -0.39 is 0 Å². The minimum Gasteiger partial charge on any atom is -0.395 e.